The van der Waals surface area contributed by atoms with Crippen molar-refractivity contribution < 1.29 is 9.50 Å². The predicted molar refractivity (Wildman–Crippen MR) is 62.4 cm³/mol. The Morgan fingerprint density at radius 1 is 1.72 bits per heavy atom. The van der Waals surface area contributed by atoms with Crippen molar-refractivity contribution >= 4 is 23.3 Å². The summed E-state index contributed by atoms with van der Waals surface area (Å²) in [6, 6.07) is 0. The zero-order valence-electron chi connectivity index (χ0n) is 9.22. The van der Waals surface area contributed by atoms with Crippen LogP contribution < -0.4 is 11.3 Å². The van der Waals surface area contributed by atoms with E-state index in [9.17, 15) is 9.18 Å². The Labute approximate surface area is 99.8 Å². The number of aromatic amines is 1. The number of hydrogen-bond acceptors (Lipinski definition) is 5. The van der Waals surface area contributed by atoms with E-state index in [4.69, 9.17) is 10.8 Å². The zero-order chi connectivity index (χ0) is 12.9. The van der Waals surface area contributed by atoms with E-state index in [2.05, 4.69) is 15.0 Å². The highest BCUT2D eigenvalue weighted by Gasteiger charge is 2.49. The topological polar surface area (TPSA) is 110 Å². The first-order chi connectivity index (χ1) is 8.53. The summed E-state index contributed by atoms with van der Waals surface area (Å²) in [6.07, 6.45) is 2.99. The molecule has 0 saturated heterocycles. The molecule has 3 rings (SSSR count). The molecule has 1 atom stereocenters. The average molecular weight is 251 g/mol. The molecular formula is C10H10FN5O2. The van der Waals surface area contributed by atoms with Gasteiger partial charge in [0.15, 0.2) is 16.8 Å². The van der Waals surface area contributed by atoms with Crippen molar-refractivity contribution in [2.24, 2.45) is 0 Å². The van der Waals surface area contributed by atoms with Gasteiger partial charge >= 0.3 is 0 Å². The van der Waals surface area contributed by atoms with Crippen LogP contribution in [-0.2, 0) is 0 Å². The molecule has 0 bridgehead atoms. The normalized spacial score (nSPS) is 24.9. The Morgan fingerprint density at radius 3 is 3.17 bits per heavy atom. The third-order valence-electron chi connectivity index (χ3n) is 2.92. The number of aromatic nitrogens is 4. The number of nitrogens with zero attached hydrogens (tertiary/aromatic N) is 3. The van der Waals surface area contributed by atoms with Gasteiger partial charge in [0, 0.05) is 12.6 Å². The molecule has 1 aliphatic rings. The molecular weight excluding hydrogens is 241 g/mol. The number of fused-ring (bicyclic) bond motifs is 1. The summed E-state index contributed by atoms with van der Waals surface area (Å²) in [6.45, 7) is -0.554. The quantitative estimate of drug-likeness (QED) is 0.675. The van der Waals surface area contributed by atoms with Crippen LogP contribution >= 0.6 is 0 Å². The molecule has 1 unspecified atom stereocenters. The number of alkyl halides is 1. The van der Waals surface area contributed by atoms with E-state index in [1.54, 1.807) is 0 Å². The number of hydrogen-bond donors (Lipinski definition) is 3. The molecule has 0 spiro atoms. The molecule has 94 valence electrons. The fourth-order valence-electron chi connectivity index (χ4n) is 1.78. The van der Waals surface area contributed by atoms with E-state index in [0.29, 0.717) is 5.57 Å². The van der Waals surface area contributed by atoms with Crippen LogP contribution in [0.2, 0.25) is 0 Å². The first kappa shape index (κ1) is 10.9. The lowest BCUT2D eigenvalue weighted by Gasteiger charge is -1.98. The lowest BCUT2D eigenvalue weighted by Crippen LogP contribution is -2.11. The number of nitrogen functional groups attached to an aromatic ring is 1. The van der Waals surface area contributed by atoms with E-state index in [-0.39, 0.29) is 23.5 Å². The standard InChI is InChI=1S/C10H10FN5O2/c11-10(3-17)1-5(10)2-16-4-13-6-7(16)14-9(12)15-8(6)18/h2,4,17H,1,3H2,(H3,12,14,15,18)/b5-2-. The maximum absolute atomic E-state index is 13.6. The van der Waals surface area contributed by atoms with Crippen LogP contribution in [0.4, 0.5) is 10.3 Å². The average Bonchev–Trinajstić information content (AvgIpc) is 2.78. The van der Waals surface area contributed by atoms with Crippen LogP contribution in [0, 0.1) is 0 Å². The number of nitrogens with one attached hydrogen (secondary N) is 1. The highest BCUT2D eigenvalue weighted by molar-refractivity contribution is 5.73. The summed E-state index contributed by atoms with van der Waals surface area (Å²) in [5.41, 5.74) is 4.17. The smallest absolute Gasteiger partial charge is 0.280 e. The van der Waals surface area contributed by atoms with Gasteiger partial charge in [0.05, 0.1) is 6.61 Å². The lowest BCUT2D eigenvalue weighted by atomic mass is 10.4. The fraction of sp³-hybridized carbons (Fsp3) is 0.300. The second kappa shape index (κ2) is 3.39. The number of H-pyrrole nitrogens is 1. The number of anilines is 1. The molecule has 1 aliphatic carbocycles. The monoisotopic (exact) mass is 251 g/mol. The third kappa shape index (κ3) is 1.50. The molecule has 8 heteroatoms. The van der Waals surface area contributed by atoms with E-state index in [0.717, 1.165) is 0 Å². The minimum absolute atomic E-state index is 0.0304. The largest absolute Gasteiger partial charge is 0.393 e. The molecule has 1 fully saturated rings. The zero-order valence-corrected chi connectivity index (χ0v) is 9.22. The summed E-state index contributed by atoms with van der Waals surface area (Å²) in [5, 5.41) is 8.83. The van der Waals surface area contributed by atoms with Crippen LogP contribution in [0.5, 0.6) is 0 Å². The van der Waals surface area contributed by atoms with E-state index in [1.807, 2.05) is 0 Å². The van der Waals surface area contributed by atoms with Crippen molar-refractivity contribution in [3.63, 3.8) is 0 Å². The highest BCUT2D eigenvalue weighted by atomic mass is 19.1. The maximum atomic E-state index is 13.6. The number of rotatable bonds is 2. The molecule has 0 aromatic carbocycles. The van der Waals surface area contributed by atoms with Crippen molar-refractivity contribution in [1.82, 2.24) is 19.5 Å². The fourth-order valence-corrected chi connectivity index (χ4v) is 1.78. The second-order valence-electron chi connectivity index (χ2n) is 4.23. The summed E-state index contributed by atoms with van der Waals surface area (Å²) < 4.78 is 15.0. The Hall–Kier alpha value is -2.22. The molecule has 18 heavy (non-hydrogen) atoms. The number of aliphatic hydroxyl groups is 1. The molecule has 0 amide bonds. The van der Waals surface area contributed by atoms with Crippen LogP contribution in [-0.4, -0.2) is 36.9 Å². The number of aliphatic hydroxyl groups excluding tert-OH is 1. The Bertz CT molecular complexity index is 719. The van der Waals surface area contributed by atoms with Gasteiger partial charge in [-0.25, -0.2) is 9.37 Å². The van der Waals surface area contributed by atoms with Crippen molar-refractivity contribution in [2.45, 2.75) is 12.1 Å². The van der Waals surface area contributed by atoms with Gasteiger partial charge in [0.1, 0.15) is 6.33 Å². The van der Waals surface area contributed by atoms with E-state index in [1.165, 1.54) is 17.1 Å². The minimum Gasteiger partial charge on any atom is -0.393 e. The third-order valence-corrected chi connectivity index (χ3v) is 2.92. The first-order valence-corrected chi connectivity index (χ1v) is 5.27. The van der Waals surface area contributed by atoms with Crippen LogP contribution in [0.3, 0.4) is 0 Å². The molecule has 2 heterocycles. The SMILES string of the molecule is Nc1nc2c(ncn2/C=C2/CC2(F)CO)c(=O)[nH]1. The van der Waals surface area contributed by atoms with Crippen LogP contribution in [0.15, 0.2) is 16.7 Å². The van der Waals surface area contributed by atoms with Gasteiger partial charge in [-0.05, 0) is 5.57 Å². The van der Waals surface area contributed by atoms with Crippen molar-refractivity contribution in [2.75, 3.05) is 12.3 Å². The van der Waals surface area contributed by atoms with Gasteiger partial charge < -0.3 is 10.8 Å². The van der Waals surface area contributed by atoms with Gasteiger partial charge in [-0.15, -0.1) is 0 Å². The molecule has 0 aliphatic heterocycles. The Balaban J connectivity index is 2.13. The molecule has 4 N–H and O–H groups in total. The summed E-state index contributed by atoms with van der Waals surface area (Å²) in [7, 11) is 0. The van der Waals surface area contributed by atoms with Gasteiger partial charge in [-0.3, -0.25) is 14.3 Å². The summed E-state index contributed by atoms with van der Waals surface area (Å²) in [4.78, 5) is 21.7. The number of nitrogens with two attached hydrogens (primary N) is 1. The van der Waals surface area contributed by atoms with Crippen molar-refractivity contribution in [3.8, 4) is 0 Å². The molecule has 7 nitrogen and oxygen atoms in total. The van der Waals surface area contributed by atoms with Gasteiger partial charge in [-0.1, -0.05) is 0 Å². The highest BCUT2D eigenvalue weighted by Crippen LogP contribution is 2.46. The second-order valence-corrected chi connectivity index (χ2v) is 4.23. The van der Waals surface area contributed by atoms with Crippen molar-refractivity contribution in [1.29, 1.82) is 0 Å². The van der Waals surface area contributed by atoms with Gasteiger partial charge in [0.25, 0.3) is 5.56 Å². The summed E-state index contributed by atoms with van der Waals surface area (Å²) >= 11 is 0. The molecule has 2 aromatic rings. The number of halogens is 1. The summed E-state index contributed by atoms with van der Waals surface area (Å²) in [5.74, 6) is -0.0304. The lowest BCUT2D eigenvalue weighted by molar-refractivity contribution is 0.170. The number of imidazole rings is 1. The molecule has 1 saturated carbocycles. The van der Waals surface area contributed by atoms with E-state index < -0.39 is 17.8 Å². The van der Waals surface area contributed by atoms with E-state index >= 15 is 0 Å². The van der Waals surface area contributed by atoms with Crippen LogP contribution in [0.1, 0.15) is 6.42 Å². The predicted octanol–water partition coefficient (Wildman–Crippen LogP) is -0.353. The van der Waals surface area contributed by atoms with Crippen molar-refractivity contribution in [3.05, 3.63) is 22.3 Å². The maximum Gasteiger partial charge on any atom is 0.280 e. The first-order valence-electron chi connectivity index (χ1n) is 5.27. The van der Waals surface area contributed by atoms with Gasteiger partial charge in [-0.2, -0.15) is 4.98 Å². The Kier molecular flexibility index (Phi) is 2.05. The van der Waals surface area contributed by atoms with Gasteiger partial charge in [0.2, 0.25) is 5.95 Å². The molecule has 2 aromatic heterocycles. The minimum atomic E-state index is -1.65. The molecule has 0 radical (unpaired) electrons. The van der Waals surface area contributed by atoms with Crippen LogP contribution in [0.25, 0.3) is 17.4 Å². The Morgan fingerprint density at radius 2 is 2.50 bits per heavy atom.